The molecule has 2 heteroatoms. The van der Waals surface area contributed by atoms with Gasteiger partial charge in [0.1, 0.15) is 0 Å². The molecule has 2 rings (SSSR count). The zero-order valence-corrected chi connectivity index (χ0v) is 9.99. The second-order valence-corrected chi connectivity index (χ2v) is 5.48. The van der Waals surface area contributed by atoms with Gasteiger partial charge in [0.25, 0.3) is 0 Å². The summed E-state index contributed by atoms with van der Waals surface area (Å²) < 4.78 is 0. The summed E-state index contributed by atoms with van der Waals surface area (Å²) in [5.41, 5.74) is 0.545. The van der Waals surface area contributed by atoms with E-state index in [1.165, 1.54) is 29.9 Å². The fourth-order valence-electron chi connectivity index (χ4n) is 1.78. The molecule has 1 aliphatic rings. The minimum absolute atomic E-state index is 0.545. The van der Waals surface area contributed by atoms with E-state index >= 15 is 0 Å². The molecule has 0 spiro atoms. The Morgan fingerprint density at radius 1 is 1.21 bits per heavy atom. The van der Waals surface area contributed by atoms with Crippen LogP contribution in [0.3, 0.4) is 0 Å². The average Bonchev–Trinajstić information content (AvgIpc) is 2.19. The highest BCUT2D eigenvalue weighted by Crippen LogP contribution is 2.45. The van der Waals surface area contributed by atoms with E-state index in [4.69, 9.17) is 0 Å². The van der Waals surface area contributed by atoms with Crippen molar-refractivity contribution in [2.45, 2.75) is 24.2 Å². The lowest BCUT2D eigenvalue weighted by Crippen LogP contribution is -2.33. The van der Waals surface area contributed by atoms with Gasteiger partial charge in [0.2, 0.25) is 0 Å². The van der Waals surface area contributed by atoms with Crippen molar-refractivity contribution in [1.82, 2.24) is 0 Å². The quantitative estimate of drug-likeness (QED) is 0.598. The Balaban J connectivity index is 1.88. The molecule has 0 aliphatic heterocycles. The molecule has 14 heavy (non-hydrogen) atoms. The molecule has 0 unspecified atom stereocenters. The third-order valence-corrected chi connectivity index (χ3v) is 5.07. The fourth-order valence-corrected chi connectivity index (χ4v) is 3.57. The maximum atomic E-state index is 4.47. The van der Waals surface area contributed by atoms with Crippen LogP contribution in [0.1, 0.15) is 19.3 Å². The minimum atomic E-state index is 0.545. The highest BCUT2D eigenvalue weighted by atomic mass is 32.2. The Hall–Kier alpha value is -0.0800. The molecule has 0 bridgehead atoms. The summed E-state index contributed by atoms with van der Waals surface area (Å²) in [6.07, 6.45) is 4.14. The van der Waals surface area contributed by atoms with Crippen molar-refractivity contribution in [3.05, 3.63) is 30.3 Å². The molecule has 76 valence electrons. The van der Waals surface area contributed by atoms with E-state index in [0.29, 0.717) is 5.41 Å². The van der Waals surface area contributed by atoms with Crippen LogP contribution in [0.5, 0.6) is 0 Å². The van der Waals surface area contributed by atoms with Gasteiger partial charge in [-0.1, -0.05) is 24.6 Å². The lowest BCUT2D eigenvalue weighted by Gasteiger charge is -2.40. The predicted molar refractivity (Wildman–Crippen MR) is 67.3 cm³/mol. The number of benzene rings is 1. The number of thiol groups is 1. The lowest BCUT2D eigenvalue weighted by atomic mass is 9.72. The molecule has 1 aromatic carbocycles. The highest BCUT2D eigenvalue weighted by molar-refractivity contribution is 7.99. The molecule has 0 amide bonds. The molecular formula is C12H16S2. The van der Waals surface area contributed by atoms with Crippen molar-refractivity contribution in [1.29, 1.82) is 0 Å². The molecule has 0 radical (unpaired) electrons. The molecule has 1 aliphatic carbocycles. The molecular weight excluding hydrogens is 208 g/mol. The molecule has 1 saturated carbocycles. The number of thioether (sulfide) groups is 1. The largest absolute Gasteiger partial charge is 0.179 e. The van der Waals surface area contributed by atoms with Gasteiger partial charge in [-0.3, -0.25) is 0 Å². The van der Waals surface area contributed by atoms with E-state index in [1.807, 2.05) is 11.8 Å². The minimum Gasteiger partial charge on any atom is -0.179 e. The first-order valence-corrected chi connectivity index (χ1v) is 6.75. The molecule has 0 saturated heterocycles. The Labute approximate surface area is 95.9 Å². The smallest absolute Gasteiger partial charge is 0.00721 e. The topological polar surface area (TPSA) is 0 Å². The van der Waals surface area contributed by atoms with Crippen molar-refractivity contribution in [3.63, 3.8) is 0 Å². The van der Waals surface area contributed by atoms with Gasteiger partial charge in [0.05, 0.1) is 0 Å². The fraction of sp³-hybridized carbons (Fsp3) is 0.500. The van der Waals surface area contributed by atoms with Gasteiger partial charge >= 0.3 is 0 Å². The number of hydrogen-bond acceptors (Lipinski definition) is 2. The second kappa shape index (κ2) is 4.63. The van der Waals surface area contributed by atoms with Gasteiger partial charge in [-0.05, 0) is 36.1 Å². The third kappa shape index (κ3) is 2.29. The van der Waals surface area contributed by atoms with E-state index in [0.717, 1.165) is 5.75 Å². The van der Waals surface area contributed by atoms with E-state index < -0.39 is 0 Å². The monoisotopic (exact) mass is 224 g/mol. The van der Waals surface area contributed by atoms with Crippen molar-refractivity contribution in [2.75, 3.05) is 11.5 Å². The maximum absolute atomic E-state index is 4.47. The lowest BCUT2D eigenvalue weighted by molar-refractivity contribution is 0.205. The number of hydrogen-bond donors (Lipinski definition) is 1. The highest BCUT2D eigenvalue weighted by Gasteiger charge is 2.35. The molecule has 1 aromatic rings. The van der Waals surface area contributed by atoms with Crippen molar-refractivity contribution < 1.29 is 0 Å². The van der Waals surface area contributed by atoms with Crippen LogP contribution in [0.15, 0.2) is 35.2 Å². The maximum Gasteiger partial charge on any atom is 0.00721 e. The Morgan fingerprint density at radius 3 is 2.43 bits per heavy atom. The van der Waals surface area contributed by atoms with E-state index in [9.17, 15) is 0 Å². The first-order chi connectivity index (χ1) is 6.85. The standard InChI is InChI=1S/C12H16S2/c13-9-12(7-4-8-12)10-14-11-5-2-1-3-6-11/h1-3,5-6,13H,4,7-10H2. The summed E-state index contributed by atoms with van der Waals surface area (Å²) in [4.78, 5) is 1.39. The summed E-state index contributed by atoms with van der Waals surface area (Å²) >= 11 is 6.44. The summed E-state index contributed by atoms with van der Waals surface area (Å²) in [6, 6.07) is 10.7. The first-order valence-electron chi connectivity index (χ1n) is 5.13. The summed E-state index contributed by atoms with van der Waals surface area (Å²) in [5, 5.41) is 0. The Kier molecular flexibility index (Phi) is 3.45. The van der Waals surface area contributed by atoms with Crippen molar-refractivity contribution in [3.8, 4) is 0 Å². The van der Waals surface area contributed by atoms with Gasteiger partial charge in [-0.15, -0.1) is 11.8 Å². The Morgan fingerprint density at radius 2 is 1.93 bits per heavy atom. The van der Waals surface area contributed by atoms with Crippen LogP contribution in [0, 0.1) is 5.41 Å². The van der Waals surface area contributed by atoms with Gasteiger partial charge in [0.15, 0.2) is 0 Å². The molecule has 1 fully saturated rings. The summed E-state index contributed by atoms with van der Waals surface area (Å²) in [5.74, 6) is 2.29. The van der Waals surface area contributed by atoms with E-state index in [2.05, 4.69) is 43.0 Å². The first kappa shape index (κ1) is 10.4. The molecule has 0 nitrogen and oxygen atoms in total. The van der Waals surface area contributed by atoms with Gasteiger partial charge in [-0.25, -0.2) is 0 Å². The second-order valence-electron chi connectivity index (χ2n) is 4.11. The van der Waals surface area contributed by atoms with Crippen LogP contribution < -0.4 is 0 Å². The van der Waals surface area contributed by atoms with Crippen LogP contribution in [0.2, 0.25) is 0 Å². The predicted octanol–water partition coefficient (Wildman–Crippen LogP) is 3.88. The zero-order chi connectivity index (χ0) is 9.86. The molecule has 0 aromatic heterocycles. The molecule has 0 atom stereocenters. The Bertz CT molecular complexity index is 272. The zero-order valence-electron chi connectivity index (χ0n) is 8.28. The van der Waals surface area contributed by atoms with E-state index in [1.54, 1.807) is 0 Å². The average molecular weight is 224 g/mol. The van der Waals surface area contributed by atoms with Crippen LogP contribution in [-0.2, 0) is 0 Å². The van der Waals surface area contributed by atoms with Crippen LogP contribution in [-0.4, -0.2) is 11.5 Å². The molecule has 0 heterocycles. The summed E-state index contributed by atoms with van der Waals surface area (Å²) in [6.45, 7) is 0. The van der Waals surface area contributed by atoms with Gasteiger partial charge in [-0.2, -0.15) is 12.6 Å². The van der Waals surface area contributed by atoms with Crippen LogP contribution >= 0.6 is 24.4 Å². The molecule has 0 N–H and O–H groups in total. The van der Waals surface area contributed by atoms with Crippen molar-refractivity contribution >= 4 is 24.4 Å². The van der Waals surface area contributed by atoms with Crippen LogP contribution in [0.25, 0.3) is 0 Å². The third-order valence-electron chi connectivity index (χ3n) is 3.04. The number of rotatable bonds is 4. The van der Waals surface area contributed by atoms with Crippen molar-refractivity contribution in [2.24, 2.45) is 5.41 Å². The van der Waals surface area contributed by atoms with E-state index in [-0.39, 0.29) is 0 Å². The SMILES string of the molecule is SCC1(CSc2ccccc2)CCC1. The van der Waals surface area contributed by atoms with Gasteiger partial charge in [0, 0.05) is 10.6 Å². The normalized spacial score (nSPS) is 18.9. The van der Waals surface area contributed by atoms with Crippen LogP contribution in [0.4, 0.5) is 0 Å². The summed E-state index contributed by atoms with van der Waals surface area (Å²) in [7, 11) is 0. The van der Waals surface area contributed by atoms with Gasteiger partial charge < -0.3 is 0 Å².